The van der Waals surface area contributed by atoms with Crippen molar-refractivity contribution in [3.05, 3.63) is 0 Å². The van der Waals surface area contributed by atoms with Gasteiger partial charge in [-0.3, -0.25) is 38.4 Å². The Morgan fingerprint density at radius 1 is 0.389 bits per heavy atom. The highest BCUT2D eigenvalue weighted by atomic mass is 16.7. The Kier molecular flexibility index (Phi) is 51.8. The van der Waals surface area contributed by atoms with Gasteiger partial charge in [0.2, 0.25) is 41.4 Å². The van der Waals surface area contributed by atoms with Crippen LogP contribution in [0.25, 0.3) is 0 Å². The van der Waals surface area contributed by atoms with E-state index in [-0.39, 0.29) is 178 Å². The van der Waals surface area contributed by atoms with Gasteiger partial charge in [0, 0.05) is 153 Å². The molecule has 0 aromatic rings. The van der Waals surface area contributed by atoms with E-state index in [1.165, 1.54) is 0 Å². The van der Waals surface area contributed by atoms with Crippen molar-refractivity contribution >= 4 is 47.1 Å². The Bertz CT molecular complexity index is 2440. The number of hydrogen-bond donors (Lipinski definition) is 15. The average molecular weight is 1620 g/mol. The third-order valence-electron chi connectivity index (χ3n) is 21.3. The van der Waals surface area contributed by atoms with Crippen molar-refractivity contribution in [2.75, 3.05) is 125 Å². The molecule has 656 valence electrons. The molecule has 33 heteroatoms. The van der Waals surface area contributed by atoms with E-state index in [1.807, 2.05) is 0 Å². The molecule has 0 bridgehead atoms. The molecular weight excluding hydrogens is 1470 g/mol. The zero-order chi connectivity index (χ0) is 82.9. The molecule has 0 radical (unpaired) electrons. The predicted molar refractivity (Wildman–Crippen MR) is 415 cm³/mol. The minimum absolute atomic E-state index is 0.0325. The number of rotatable bonds is 63. The number of Topliss-reactive ketones (excluding diaryl/α,β-unsaturated/α-hetero) is 1. The van der Waals surface area contributed by atoms with E-state index in [1.54, 1.807) is 20.8 Å². The average Bonchev–Trinajstić information content (AvgIpc) is 1.65. The molecule has 0 spiro atoms. The maximum atomic E-state index is 14.1. The summed E-state index contributed by atoms with van der Waals surface area (Å²) in [5, 5.41) is 107. The summed E-state index contributed by atoms with van der Waals surface area (Å²) in [4.78, 5) is 107. The zero-order valence-electron chi connectivity index (χ0n) is 68.5. The zero-order valence-corrected chi connectivity index (χ0v) is 68.5. The molecule has 7 amide bonds. The fraction of sp³-hybridized carbons (Fsp3) is 0.900. The molecule has 17 atom stereocenters. The topological polar surface area (TPSA) is 477 Å². The van der Waals surface area contributed by atoms with Gasteiger partial charge < -0.3 is 125 Å². The number of aliphatic hydroxyl groups excluding tert-OH is 9. The number of carbonyl (C=O) groups is 8. The van der Waals surface area contributed by atoms with Gasteiger partial charge in [0.25, 0.3) is 0 Å². The quantitative estimate of drug-likeness (QED) is 0.0387. The molecule has 4 aliphatic heterocycles. The molecule has 4 heterocycles. The molecule has 0 aromatic carbocycles. The normalized spacial score (nSPS) is 26.4. The number of aliphatic hydroxyl groups is 9. The van der Waals surface area contributed by atoms with Gasteiger partial charge >= 0.3 is 0 Å². The highest BCUT2D eigenvalue weighted by molar-refractivity contribution is 5.80. The summed E-state index contributed by atoms with van der Waals surface area (Å²) in [6.45, 7) is 13.2. The largest absolute Gasteiger partial charge is 0.394 e. The Labute approximate surface area is 669 Å². The van der Waals surface area contributed by atoms with Crippen molar-refractivity contribution in [1.29, 1.82) is 0 Å². The fourth-order valence-electron chi connectivity index (χ4n) is 14.3. The van der Waals surface area contributed by atoms with Gasteiger partial charge in [-0.1, -0.05) is 80.1 Å². The van der Waals surface area contributed by atoms with Gasteiger partial charge in [-0.25, -0.2) is 0 Å². The Morgan fingerprint density at radius 3 is 1.01 bits per heavy atom. The molecule has 4 fully saturated rings. The van der Waals surface area contributed by atoms with Crippen LogP contribution in [0.5, 0.6) is 0 Å². The molecule has 4 aliphatic rings. The van der Waals surface area contributed by atoms with Crippen molar-refractivity contribution in [3.8, 4) is 0 Å². The second-order valence-corrected chi connectivity index (χ2v) is 32.0. The summed E-state index contributed by atoms with van der Waals surface area (Å²) in [7, 11) is 0. The molecule has 15 N–H and O–H groups in total. The summed E-state index contributed by atoms with van der Waals surface area (Å²) in [6, 6.07) is 0.339. The van der Waals surface area contributed by atoms with Crippen LogP contribution in [0.2, 0.25) is 0 Å². The second-order valence-electron chi connectivity index (χ2n) is 32.0. The van der Waals surface area contributed by atoms with Crippen LogP contribution in [-0.2, 0) is 81.0 Å². The van der Waals surface area contributed by atoms with Gasteiger partial charge in [-0.05, 0) is 95.3 Å². The van der Waals surface area contributed by atoms with Crippen molar-refractivity contribution in [1.82, 2.24) is 36.8 Å². The highest BCUT2D eigenvalue weighted by Crippen LogP contribution is 2.33. The number of ketones is 1. The number of nitrogens with one attached hydrogen (secondary N) is 6. The van der Waals surface area contributed by atoms with E-state index in [4.69, 9.17) is 42.6 Å². The molecule has 4 rings (SSSR count). The number of carbonyl (C=O) groups excluding carboxylic acids is 8. The van der Waals surface area contributed by atoms with Crippen molar-refractivity contribution < 1.29 is 127 Å². The maximum absolute atomic E-state index is 14.1. The number of amides is 7. The third-order valence-corrected chi connectivity index (χ3v) is 21.3. The number of nitrogens with zero attached hydrogens (tertiary/aromatic N) is 1. The molecule has 0 aromatic heterocycles. The molecule has 16 unspecified atom stereocenters. The Morgan fingerprint density at radius 2 is 0.690 bits per heavy atom. The van der Waals surface area contributed by atoms with Crippen LogP contribution in [0.15, 0.2) is 0 Å². The summed E-state index contributed by atoms with van der Waals surface area (Å²) >= 11 is 0. The molecule has 113 heavy (non-hydrogen) atoms. The maximum Gasteiger partial charge on any atom is 0.222 e. The second kappa shape index (κ2) is 58.2. The predicted octanol–water partition coefficient (Wildman–Crippen LogP) is 1.99. The molecule has 33 nitrogen and oxygen atoms in total. The van der Waals surface area contributed by atoms with E-state index < -0.39 is 117 Å². The van der Waals surface area contributed by atoms with Crippen molar-refractivity contribution in [2.45, 2.75) is 301 Å². The van der Waals surface area contributed by atoms with Crippen LogP contribution in [0.4, 0.5) is 0 Å². The minimum Gasteiger partial charge on any atom is -0.394 e. The lowest BCUT2D eigenvalue weighted by Crippen LogP contribution is -2.55. The number of ether oxygens (including phenoxy) is 9. The molecule has 0 aliphatic carbocycles. The van der Waals surface area contributed by atoms with E-state index in [2.05, 4.69) is 57.6 Å². The summed E-state index contributed by atoms with van der Waals surface area (Å²) < 4.78 is 52.6. The lowest BCUT2D eigenvalue weighted by atomic mass is 9.84. The number of unbranched alkanes of at least 4 members (excludes halogenated alkanes) is 10. The first-order chi connectivity index (χ1) is 54.2. The van der Waals surface area contributed by atoms with Crippen molar-refractivity contribution in [2.24, 2.45) is 35.0 Å². The number of hydrogen-bond acceptors (Lipinski definition) is 26. The first kappa shape index (κ1) is 101. The van der Waals surface area contributed by atoms with Crippen LogP contribution < -0.4 is 31.9 Å². The minimum atomic E-state index is -1.23. The first-order valence-corrected chi connectivity index (χ1v) is 42.1. The van der Waals surface area contributed by atoms with E-state index >= 15 is 0 Å². The van der Waals surface area contributed by atoms with Crippen molar-refractivity contribution in [3.63, 3.8) is 0 Å². The SMILES string of the molecule is CC(C)CC1C[C@@H](C)CN1C(=O)CCCCCCCCCCC(=O)CC(COCCC(=O)NCCCNC(=O)CCCCOC1OC(CO)C(O)C(O)C1C)(COCCC(=O)NCCCNC(=O)CCCCOC1OC(CO)C(O)C(O)C1C)COCCC(=O)NCCCNC(=O)CCCCOC1OC(CO)C(O)C(O)C1C. The molecular formula is C80H145N7O26. The highest BCUT2D eigenvalue weighted by Gasteiger charge is 2.45. The Hall–Kier alpha value is -4.76. The van der Waals surface area contributed by atoms with Gasteiger partial charge in [0.15, 0.2) is 18.9 Å². The van der Waals surface area contributed by atoms with Crippen LogP contribution in [0.3, 0.4) is 0 Å². The smallest absolute Gasteiger partial charge is 0.222 e. The Balaban J connectivity index is 1.27. The summed E-state index contributed by atoms with van der Waals surface area (Å²) in [5.74, 6) is -1.74. The monoisotopic (exact) mass is 1620 g/mol. The van der Waals surface area contributed by atoms with Crippen LogP contribution in [-0.4, -0.2) is 303 Å². The van der Waals surface area contributed by atoms with Crippen LogP contribution in [0, 0.1) is 35.0 Å². The van der Waals surface area contributed by atoms with Gasteiger partial charge in [-0.2, -0.15) is 0 Å². The first-order valence-electron chi connectivity index (χ1n) is 42.1. The van der Waals surface area contributed by atoms with E-state index in [9.17, 15) is 84.3 Å². The van der Waals surface area contributed by atoms with Gasteiger partial charge in [0.05, 0.1) is 77.8 Å². The molecule has 0 saturated carbocycles. The van der Waals surface area contributed by atoms with Crippen LogP contribution >= 0.6 is 0 Å². The van der Waals surface area contributed by atoms with Crippen LogP contribution in [0.1, 0.15) is 221 Å². The lowest BCUT2D eigenvalue weighted by molar-refractivity contribution is -0.282. The van der Waals surface area contributed by atoms with E-state index in [0.29, 0.717) is 108 Å². The van der Waals surface area contributed by atoms with Gasteiger partial charge in [-0.15, -0.1) is 0 Å². The fourth-order valence-corrected chi connectivity index (χ4v) is 14.3. The summed E-state index contributed by atoms with van der Waals surface area (Å²) in [5.41, 5.74) is -1.12. The third kappa shape index (κ3) is 40.5. The lowest BCUT2D eigenvalue weighted by Gasteiger charge is -2.40. The van der Waals surface area contributed by atoms with Gasteiger partial charge in [0.1, 0.15) is 42.4 Å². The van der Waals surface area contributed by atoms with E-state index in [0.717, 1.165) is 64.3 Å². The molecule has 4 saturated heterocycles. The standard InChI is InChI=1S/C80H145N7O26/c1-54(2)44-59-45-55(3)47-87(59)70(98)28-14-12-10-8-7-9-11-13-24-60(91)46-80(51-105-41-29-67(95)84-35-21-32-81-64(92)25-15-18-38-108-77-56(4)71(99)74(102)61(48-88)111-77,52-106-42-30-68(96)85-36-22-33-82-65(93)26-16-19-39-109-78-57(5)72(100)75(103)62(49-89)112-78)53-107-43-31-69(97)86-37-23-34-83-66(94)27-17-20-40-110-79-58(6)73(101)76(104)63(50-90)113-79/h54-59,61-63,71-79,88-90,99-104H,7-53H2,1-6H3,(H,81,92)(H,82,93)(H,83,94)(H,84,95)(H,85,96)(H,86,97)/t55-,56?,57?,58?,59?,61?,62?,63?,71?,72?,73?,74?,75?,76?,77?,78?,79?,80?/m1/s1. The number of likely N-dealkylation sites (tertiary alicyclic amines) is 1. The summed E-state index contributed by atoms with van der Waals surface area (Å²) in [6.07, 6.45) is 2.91.